The van der Waals surface area contributed by atoms with Crippen LogP contribution in [0.4, 0.5) is 10.5 Å². The quantitative estimate of drug-likeness (QED) is 0.198. The molecule has 1 aliphatic rings. The smallest absolute Gasteiger partial charge is 0.298 e. The molecule has 5 nitrogen and oxygen atoms in total. The number of rotatable bonds is 7. The number of amides is 2. The Hall–Kier alpha value is -2.20. The maximum Gasteiger partial charge on any atom is 0.298 e. The SMILES string of the molecule is CCOc1cc(/C=C2/SC(=O)N(c3ccc(Cl)cc3)C2=O)cc(I)c1OCc1ccc(Cl)cc1. The Balaban J connectivity index is 1.59. The molecule has 0 radical (unpaired) electrons. The lowest BCUT2D eigenvalue weighted by atomic mass is 10.1. The zero-order valence-corrected chi connectivity index (χ0v) is 22.4. The summed E-state index contributed by atoms with van der Waals surface area (Å²) in [4.78, 5) is 27.0. The van der Waals surface area contributed by atoms with Gasteiger partial charge in [-0.1, -0.05) is 35.3 Å². The van der Waals surface area contributed by atoms with Crippen molar-refractivity contribution in [2.45, 2.75) is 13.5 Å². The molecule has 4 rings (SSSR count). The molecule has 3 aromatic rings. The molecule has 0 N–H and O–H groups in total. The fraction of sp³-hybridized carbons (Fsp3) is 0.120. The molecule has 1 saturated heterocycles. The Morgan fingerprint density at radius 3 is 2.26 bits per heavy atom. The van der Waals surface area contributed by atoms with Gasteiger partial charge in [0.1, 0.15) is 6.61 Å². The standard InChI is InChI=1S/C25H18Cl2INO4S/c1-2-32-21-12-16(11-20(28)23(21)33-14-15-3-5-17(26)6-4-15)13-22-24(30)29(25(31)34-22)19-9-7-18(27)8-10-19/h3-13H,2,14H2,1H3/b22-13+. The maximum atomic E-state index is 13.0. The summed E-state index contributed by atoms with van der Waals surface area (Å²) >= 11 is 14.9. The summed E-state index contributed by atoms with van der Waals surface area (Å²) < 4.78 is 12.7. The van der Waals surface area contributed by atoms with E-state index in [9.17, 15) is 9.59 Å². The van der Waals surface area contributed by atoms with Crippen molar-refractivity contribution in [3.63, 3.8) is 0 Å². The highest BCUT2D eigenvalue weighted by atomic mass is 127. The Kier molecular flexibility index (Phi) is 8.08. The van der Waals surface area contributed by atoms with Crippen molar-refractivity contribution in [2.75, 3.05) is 11.5 Å². The van der Waals surface area contributed by atoms with Gasteiger partial charge in [0.15, 0.2) is 11.5 Å². The highest BCUT2D eigenvalue weighted by Crippen LogP contribution is 2.39. The minimum absolute atomic E-state index is 0.327. The van der Waals surface area contributed by atoms with Crippen molar-refractivity contribution in [3.8, 4) is 11.5 Å². The normalized spacial score (nSPS) is 14.7. The van der Waals surface area contributed by atoms with Crippen LogP contribution in [0.2, 0.25) is 10.0 Å². The summed E-state index contributed by atoms with van der Waals surface area (Å²) in [6.07, 6.45) is 1.69. The topological polar surface area (TPSA) is 55.8 Å². The molecular formula is C25H18Cl2INO4S. The number of ether oxygens (including phenoxy) is 2. The van der Waals surface area contributed by atoms with Crippen molar-refractivity contribution in [1.82, 2.24) is 0 Å². The monoisotopic (exact) mass is 625 g/mol. The Bertz CT molecular complexity index is 1260. The maximum absolute atomic E-state index is 13.0. The van der Waals surface area contributed by atoms with E-state index in [1.54, 1.807) is 36.4 Å². The first-order valence-electron chi connectivity index (χ1n) is 10.2. The fourth-order valence-corrected chi connectivity index (χ4v) is 5.12. The number of hydrogen-bond donors (Lipinski definition) is 0. The lowest BCUT2D eigenvalue weighted by molar-refractivity contribution is -0.113. The molecule has 0 saturated carbocycles. The van der Waals surface area contributed by atoms with Crippen LogP contribution < -0.4 is 14.4 Å². The van der Waals surface area contributed by atoms with E-state index in [0.717, 1.165) is 31.4 Å². The van der Waals surface area contributed by atoms with Gasteiger partial charge in [-0.15, -0.1) is 0 Å². The second kappa shape index (κ2) is 11.0. The number of thioether (sulfide) groups is 1. The number of anilines is 1. The van der Waals surface area contributed by atoms with Gasteiger partial charge in [0.25, 0.3) is 11.1 Å². The van der Waals surface area contributed by atoms with Gasteiger partial charge in [0.05, 0.1) is 20.8 Å². The number of halogens is 3. The second-order valence-corrected chi connectivity index (χ2v) is 10.2. The van der Waals surface area contributed by atoms with Gasteiger partial charge in [-0.3, -0.25) is 9.59 Å². The molecule has 0 bridgehead atoms. The van der Waals surface area contributed by atoms with Crippen LogP contribution in [-0.4, -0.2) is 17.8 Å². The highest BCUT2D eigenvalue weighted by molar-refractivity contribution is 14.1. The van der Waals surface area contributed by atoms with Crippen LogP contribution in [0.3, 0.4) is 0 Å². The molecule has 0 unspecified atom stereocenters. The summed E-state index contributed by atoms with van der Waals surface area (Å²) in [6.45, 7) is 2.69. The van der Waals surface area contributed by atoms with Gasteiger partial charge >= 0.3 is 0 Å². The Labute approximate surface area is 225 Å². The van der Waals surface area contributed by atoms with E-state index in [1.807, 2.05) is 37.3 Å². The van der Waals surface area contributed by atoms with Crippen molar-refractivity contribution in [2.24, 2.45) is 0 Å². The van der Waals surface area contributed by atoms with Gasteiger partial charge in [-0.05, 0) is 107 Å². The molecule has 174 valence electrons. The van der Waals surface area contributed by atoms with E-state index in [4.69, 9.17) is 32.7 Å². The van der Waals surface area contributed by atoms with E-state index in [2.05, 4.69) is 22.6 Å². The third-order valence-electron chi connectivity index (χ3n) is 4.80. The van der Waals surface area contributed by atoms with Crippen LogP contribution in [0.25, 0.3) is 6.08 Å². The second-order valence-electron chi connectivity index (χ2n) is 7.17. The number of imide groups is 1. The van der Waals surface area contributed by atoms with Gasteiger partial charge in [-0.2, -0.15) is 0 Å². The predicted molar refractivity (Wildman–Crippen MR) is 146 cm³/mol. The summed E-state index contributed by atoms with van der Waals surface area (Å²) in [5, 5.41) is 0.835. The van der Waals surface area contributed by atoms with Crippen LogP contribution in [0.1, 0.15) is 18.1 Å². The molecule has 0 aromatic heterocycles. The van der Waals surface area contributed by atoms with E-state index < -0.39 is 0 Å². The van der Waals surface area contributed by atoms with E-state index >= 15 is 0 Å². The average Bonchev–Trinajstić information content (AvgIpc) is 3.08. The molecule has 1 heterocycles. The number of carbonyl (C=O) groups is 2. The largest absolute Gasteiger partial charge is 0.490 e. The van der Waals surface area contributed by atoms with Gasteiger partial charge < -0.3 is 9.47 Å². The van der Waals surface area contributed by atoms with Crippen molar-refractivity contribution < 1.29 is 19.1 Å². The first-order chi connectivity index (χ1) is 16.4. The van der Waals surface area contributed by atoms with Gasteiger partial charge in [0.2, 0.25) is 0 Å². The minimum atomic E-state index is -0.381. The third kappa shape index (κ3) is 5.71. The van der Waals surface area contributed by atoms with Crippen molar-refractivity contribution in [1.29, 1.82) is 0 Å². The minimum Gasteiger partial charge on any atom is -0.490 e. The predicted octanol–water partition coefficient (Wildman–Crippen LogP) is 7.82. The average molecular weight is 626 g/mol. The summed E-state index contributed by atoms with van der Waals surface area (Å²) in [6, 6.07) is 17.7. The molecule has 1 fully saturated rings. The van der Waals surface area contributed by atoms with E-state index in [0.29, 0.717) is 45.4 Å². The van der Waals surface area contributed by atoms with Crippen LogP contribution in [0.5, 0.6) is 11.5 Å². The van der Waals surface area contributed by atoms with Crippen LogP contribution in [0.15, 0.2) is 65.6 Å². The lowest BCUT2D eigenvalue weighted by Crippen LogP contribution is -2.27. The number of benzene rings is 3. The molecule has 0 aliphatic carbocycles. The Morgan fingerprint density at radius 1 is 0.971 bits per heavy atom. The summed E-state index contributed by atoms with van der Waals surface area (Å²) in [5.41, 5.74) is 2.18. The zero-order valence-electron chi connectivity index (χ0n) is 17.9. The number of carbonyl (C=O) groups excluding carboxylic acids is 2. The Morgan fingerprint density at radius 2 is 1.62 bits per heavy atom. The van der Waals surface area contributed by atoms with Crippen LogP contribution in [0, 0.1) is 3.57 Å². The third-order valence-corrected chi connectivity index (χ3v) is 6.98. The lowest BCUT2D eigenvalue weighted by Gasteiger charge is -2.15. The number of nitrogens with zero attached hydrogens (tertiary/aromatic N) is 1. The highest BCUT2D eigenvalue weighted by Gasteiger charge is 2.36. The molecular weight excluding hydrogens is 608 g/mol. The summed E-state index contributed by atoms with van der Waals surface area (Å²) in [5.74, 6) is 0.795. The molecule has 0 spiro atoms. The summed E-state index contributed by atoms with van der Waals surface area (Å²) in [7, 11) is 0. The molecule has 0 atom stereocenters. The fourth-order valence-electron chi connectivity index (χ4n) is 3.24. The first kappa shape index (κ1) is 24.9. The van der Waals surface area contributed by atoms with Gasteiger partial charge in [0, 0.05) is 10.0 Å². The van der Waals surface area contributed by atoms with Gasteiger partial charge in [-0.25, -0.2) is 4.90 Å². The molecule has 9 heteroatoms. The van der Waals surface area contributed by atoms with E-state index in [1.165, 1.54) is 0 Å². The molecule has 2 amide bonds. The van der Waals surface area contributed by atoms with Crippen molar-refractivity contribution >= 4 is 80.5 Å². The first-order valence-corrected chi connectivity index (χ1v) is 12.9. The van der Waals surface area contributed by atoms with Crippen molar-refractivity contribution in [3.05, 3.63) is 90.3 Å². The van der Waals surface area contributed by atoms with Crippen LogP contribution >= 0.6 is 57.6 Å². The van der Waals surface area contributed by atoms with Crippen LogP contribution in [-0.2, 0) is 11.4 Å². The van der Waals surface area contributed by atoms with E-state index in [-0.39, 0.29) is 11.1 Å². The zero-order chi connectivity index (χ0) is 24.2. The molecule has 1 aliphatic heterocycles. The number of hydrogen-bond acceptors (Lipinski definition) is 5. The molecule has 34 heavy (non-hydrogen) atoms. The molecule has 3 aromatic carbocycles.